The minimum absolute atomic E-state index is 0.206. The zero-order valence-corrected chi connectivity index (χ0v) is 14.5. The van der Waals surface area contributed by atoms with Crippen LogP contribution < -0.4 is 5.73 Å². The fraction of sp³-hybridized carbons (Fsp3) is 0.300. The summed E-state index contributed by atoms with van der Waals surface area (Å²) in [4.78, 5) is 18.3. The molecule has 0 spiro atoms. The maximum absolute atomic E-state index is 13.0. The molecule has 2 aromatic rings. The third-order valence-corrected chi connectivity index (χ3v) is 4.73. The number of aryl methyl sites for hydroxylation is 1. The number of carbonyl (C=O) groups is 1. The van der Waals surface area contributed by atoms with Gasteiger partial charge in [0.2, 0.25) is 5.91 Å². The minimum atomic E-state index is -0.273. The minimum Gasteiger partial charge on any atom is -0.369 e. The van der Waals surface area contributed by atoms with Crippen LogP contribution in [0.2, 0.25) is 0 Å². The Balaban J connectivity index is 1.77. The molecule has 0 radical (unpaired) electrons. The Hall–Kier alpha value is -2.69. The van der Waals surface area contributed by atoms with Crippen LogP contribution >= 0.6 is 0 Å². The van der Waals surface area contributed by atoms with Gasteiger partial charge >= 0.3 is 0 Å². The number of fused-ring (bicyclic) bond motifs is 1. The number of primary amides is 1. The van der Waals surface area contributed by atoms with E-state index in [2.05, 4.69) is 4.99 Å². The molecule has 1 aliphatic rings. The fourth-order valence-electron chi connectivity index (χ4n) is 3.21. The van der Waals surface area contributed by atoms with E-state index in [1.165, 1.54) is 17.7 Å². The lowest BCUT2D eigenvalue weighted by Crippen LogP contribution is -2.23. The highest BCUT2D eigenvalue weighted by Crippen LogP contribution is 2.35. The molecule has 1 aliphatic carbocycles. The Bertz CT molecular complexity index is 814. The Labute approximate surface area is 147 Å². The first-order chi connectivity index (χ1) is 11.9. The van der Waals surface area contributed by atoms with Crippen LogP contribution in [0, 0.1) is 5.82 Å². The molecule has 0 aromatic heterocycles. The second-order valence-electron chi connectivity index (χ2n) is 6.52. The molecule has 0 unspecified atom stereocenters. The number of amidine groups is 1. The van der Waals surface area contributed by atoms with Crippen LogP contribution in [-0.2, 0) is 17.8 Å². The van der Waals surface area contributed by atoms with E-state index in [1.807, 2.05) is 37.1 Å². The molecule has 130 valence electrons. The topological polar surface area (TPSA) is 58.7 Å². The van der Waals surface area contributed by atoms with Crippen LogP contribution in [0.25, 0.3) is 0 Å². The van der Waals surface area contributed by atoms with E-state index in [0.717, 1.165) is 35.5 Å². The molecule has 5 heteroatoms. The summed E-state index contributed by atoms with van der Waals surface area (Å²) >= 11 is 0. The summed E-state index contributed by atoms with van der Waals surface area (Å²) in [5.41, 5.74) is 9.51. The van der Waals surface area contributed by atoms with Crippen LogP contribution in [0.3, 0.4) is 0 Å². The van der Waals surface area contributed by atoms with E-state index >= 15 is 0 Å². The summed E-state index contributed by atoms with van der Waals surface area (Å²) in [7, 11) is 1.95. The molecular weight excluding hydrogens is 317 g/mol. The Morgan fingerprint density at radius 3 is 2.68 bits per heavy atom. The van der Waals surface area contributed by atoms with Crippen LogP contribution in [0.1, 0.15) is 36.0 Å². The maximum Gasteiger partial charge on any atom is 0.224 e. The molecule has 0 heterocycles. The van der Waals surface area contributed by atoms with E-state index in [-0.39, 0.29) is 17.6 Å². The number of amides is 1. The zero-order valence-electron chi connectivity index (χ0n) is 14.5. The van der Waals surface area contributed by atoms with Crippen molar-refractivity contribution in [1.82, 2.24) is 4.90 Å². The van der Waals surface area contributed by atoms with Gasteiger partial charge in [0.1, 0.15) is 11.7 Å². The van der Waals surface area contributed by atoms with Crippen LogP contribution in [0.15, 0.2) is 47.5 Å². The van der Waals surface area contributed by atoms with Gasteiger partial charge in [-0.1, -0.05) is 18.2 Å². The lowest BCUT2D eigenvalue weighted by molar-refractivity contribution is -0.119. The molecule has 0 bridgehead atoms. The number of aliphatic imine (C=N–C) groups is 1. The molecule has 0 aliphatic heterocycles. The predicted octanol–water partition coefficient (Wildman–Crippen LogP) is 3.52. The monoisotopic (exact) mass is 339 g/mol. The number of hydrogen-bond donors (Lipinski definition) is 1. The Morgan fingerprint density at radius 2 is 2.00 bits per heavy atom. The lowest BCUT2D eigenvalue weighted by Gasteiger charge is -2.19. The van der Waals surface area contributed by atoms with Crippen molar-refractivity contribution in [2.24, 2.45) is 10.7 Å². The summed E-state index contributed by atoms with van der Waals surface area (Å²) in [6, 6.07) is 12.4. The van der Waals surface area contributed by atoms with Gasteiger partial charge in [0.25, 0.3) is 0 Å². The van der Waals surface area contributed by atoms with Gasteiger partial charge in [-0.2, -0.15) is 0 Å². The lowest BCUT2D eigenvalue weighted by atomic mass is 10.0. The van der Waals surface area contributed by atoms with Crippen molar-refractivity contribution < 1.29 is 9.18 Å². The predicted molar refractivity (Wildman–Crippen MR) is 97.3 cm³/mol. The van der Waals surface area contributed by atoms with Crippen molar-refractivity contribution in [3.05, 3.63) is 65.0 Å². The largest absolute Gasteiger partial charge is 0.369 e. The number of benzene rings is 2. The maximum atomic E-state index is 13.0. The fourth-order valence-corrected chi connectivity index (χ4v) is 3.21. The van der Waals surface area contributed by atoms with Gasteiger partial charge < -0.3 is 10.6 Å². The van der Waals surface area contributed by atoms with Gasteiger partial charge in [-0.05, 0) is 60.7 Å². The molecule has 1 amide bonds. The number of nitrogens with zero attached hydrogens (tertiary/aromatic N) is 2. The highest BCUT2D eigenvalue weighted by atomic mass is 19.1. The molecule has 0 fully saturated rings. The molecular formula is C20H22FN3O. The number of rotatable bonds is 4. The summed E-state index contributed by atoms with van der Waals surface area (Å²) in [5, 5.41) is 0. The number of halogens is 1. The van der Waals surface area contributed by atoms with E-state index in [1.54, 1.807) is 12.1 Å². The van der Waals surface area contributed by atoms with Crippen LogP contribution in [-0.4, -0.2) is 23.7 Å². The van der Waals surface area contributed by atoms with E-state index in [9.17, 15) is 9.18 Å². The van der Waals surface area contributed by atoms with E-state index < -0.39 is 0 Å². The van der Waals surface area contributed by atoms with E-state index in [0.29, 0.717) is 6.54 Å². The third kappa shape index (κ3) is 3.87. The molecule has 0 saturated heterocycles. The van der Waals surface area contributed by atoms with Crippen LogP contribution in [0.4, 0.5) is 10.1 Å². The normalized spacial score (nSPS) is 16.6. The average Bonchev–Trinajstić information content (AvgIpc) is 3.00. The second kappa shape index (κ2) is 7.05. The van der Waals surface area contributed by atoms with Crippen molar-refractivity contribution in [3.8, 4) is 0 Å². The summed E-state index contributed by atoms with van der Waals surface area (Å²) in [6.07, 6.45) is 1.66. The first kappa shape index (κ1) is 17.1. The molecule has 2 aromatic carbocycles. The van der Waals surface area contributed by atoms with Crippen molar-refractivity contribution in [1.29, 1.82) is 0 Å². The molecule has 3 rings (SSSR count). The van der Waals surface area contributed by atoms with Gasteiger partial charge in [-0.15, -0.1) is 0 Å². The molecule has 1 atom stereocenters. The molecule has 25 heavy (non-hydrogen) atoms. The van der Waals surface area contributed by atoms with E-state index in [4.69, 9.17) is 5.73 Å². The SMILES string of the molecule is CC(=Nc1ccc2c(c1)[C@H](C(N)=O)CC2)N(C)Cc1ccc(F)cc1. The highest BCUT2D eigenvalue weighted by molar-refractivity contribution is 5.85. The smallest absolute Gasteiger partial charge is 0.224 e. The molecule has 4 nitrogen and oxygen atoms in total. The summed E-state index contributed by atoms with van der Waals surface area (Å²) < 4.78 is 13.0. The third-order valence-electron chi connectivity index (χ3n) is 4.73. The summed E-state index contributed by atoms with van der Waals surface area (Å²) in [5.74, 6) is 0.129. The average molecular weight is 339 g/mol. The van der Waals surface area contributed by atoms with Gasteiger partial charge in [-0.25, -0.2) is 9.38 Å². The number of nitrogens with two attached hydrogens (primary N) is 1. The van der Waals surface area contributed by atoms with Gasteiger partial charge in [0, 0.05) is 13.6 Å². The van der Waals surface area contributed by atoms with Crippen LogP contribution in [0.5, 0.6) is 0 Å². The number of carbonyl (C=O) groups excluding carboxylic acids is 1. The Morgan fingerprint density at radius 1 is 1.28 bits per heavy atom. The van der Waals surface area contributed by atoms with Gasteiger partial charge in [0.15, 0.2) is 0 Å². The quantitative estimate of drug-likeness (QED) is 0.684. The van der Waals surface area contributed by atoms with Gasteiger partial charge in [-0.3, -0.25) is 4.79 Å². The zero-order chi connectivity index (χ0) is 18.0. The first-order valence-corrected chi connectivity index (χ1v) is 8.37. The van der Waals surface area contributed by atoms with Crippen molar-refractivity contribution in [3.63, 3.8) is 0 Å². The number of hydrogen-bond acceptors (Lipinski definition) is 2. The molecule has 2 N–H and O–H groups in total. The highest BCUT2D eigenvalue weighted by Gasteiger charge is 2.26. The summed E-state index contributed by atoms with van der Waals surface area (Å²) in [6.45, 7) is 2.58. The van der Waals surface area contributed by atoms with Crippen molar-refractivity contribution >= 4 is 17.4 Å². The van der Waals surface area contributed by atoms with Crippen molar-refractivity contribution in [2.45, 2.75) is 32.2 Å². The van der Waals surface area contributed by atoms with Gasteiger partial charge in [0.05, 0.1) is 11.6 Å². The second-order valence-corrected chi connectivity index (χ2v) is 6.52. The van der Waals surface area contributed by atoms with Crippen molar-refractivity contribution in [2.75, 3.05) is 7.05 Å². The Kier molecular flexibility index (Phi) is 4.83. The molecule has 0 saturated carbocycles. The first-order valence-electron chi connectivity index (χ1n) is 8.37. The standard InChI is InChI=1S/C20H22FN3O/c1-13(24(2)12-14-3-7-16(21)8-4-14)23-17-9-5-15-6-10-18(20(22)25)19(15)11-17/h3-5,7-9,11,18H,6,10,12H2,1-2H3,(H2,22,25)/t18-/m1/s1.